The van der Waals surface area contributed by atoms with Gasteiger partial charge in [0.25, 0.3) is 0 Å². The van der Waals surface area contributed by atoms with Gasteiger partial charge in [0.05, 0.1) is 11.1 Å². The van der Waals surface area contributed by atoms with Gasteiger partial charge < -0.3 is 0 Å². The largest absolute Gasteiger partial charge is 0.294 e. The summed E-state index contributed by atoms with van der Waals surface area (Å²) < 4.78 is 40.0. The van der Waals surface area contributed by atoms with Gasteiger partial charge in [0, 0.05) is 11.6 Å². The van der Waals surface area contributed by atoms with E-state index in [-0.39, 0.29) is 5.56 Å². The molecule has 0 unspecified atom stereocenters. The van der Waals surface area contributed by atoms with Crippen LogP contribution < -0.4 is 0 Å². The van der Waals surface area contributed by atoms with Crippen LogP contribution in [0.3, 0.4) is 0 Å². The zero-order chi connectivity index (χ0) is 14.9. The Hall–Kier alpha value is -2.43. The first-order valence-electron chi connectivity index (χ1n) is 5.71. The van der Waals surface area contributed by atoms with E-state index in [0.717, 1.165) is 25.1 Å². The molecule has 0 amide bonds. The van der Waals surface area contributed by atoms with Crippen LogP contribution in [0.15, 0.2) is 36.4 Å². The summed E-state index contributed by atoms with van der Waals surface area (Å²) in [5.41, 5.74) is -1.07. The number of hydrogen-bond acceptors (Lipinski definition) is 2. The normalized spacial score (nSPS) is 10.4. The van der Waals surface area contributed by atoms with Gasteiger partial charge in [-0.2, -0.15) is 0 Å². The number of rotatable bonds is 3. The maximum absolute atomic E-state index is 13.6. The second-order valence-electron chi connectivity index (χ2n) is 4.17. The zero-order valence-electron chi connectivity index (χ0n) is 10.4. The smallest absolute Gasteiger partial charge is 0.196 e. The maximum Gasteiger partial charge on any atom is 0.196 e. The molecule has 0 aromatic heterocycles. The lowest BCUT2D eigenvalue weighted by Gasteiger charge is -2.08. The van der Waals surface area contributed by atoms with Crippen molar-refractivity contribution in [2.75, 3.05) is 0 Å². The van der Waals surface area contributed by atoms with Gasteiger partial charge >= 0.3 is 0 Å². The molecule has 0 saturated carbocycles. The summed E-state index contributed by atoms with van der Waals surface area (Å²) in [4.78, 5) is 23.6. The molecule has 2 aromatic rings. The standard InChI is InChI=1S/C15H9F3O2/c1-8(19)14-11(3-2-4-12(14)17)15(20)10-6-5-9(16)7-13(10)18/h2-7H,1H3. The molecule has 0 saturated heterocycles. The van der Waals surface area contributed by atoms with Crippen LogP contribution in [0, 0.1) is 17.5 Å². The summed E-state index contributed by atoms with van der Waals surface area (Å²) in [7, 11) is 0. The molecule has 0 spiro atoms. The van der Waals surface area contributed by atoms with E-state index in [4.69, 9.17) is 0 Å². The van der Waals surface area contributed by atoms with Crippen LogP contribution in [0.5, 0.6) is 0 Å². The van der Waals surface area contributed by atoms with Crippen LogP contribution in [0.25, 0.3) is 0 Å². The van der Waals surface area contributed by atoms with Crippen LogP contribution in [-0.2, 0) is 0 Å². The van der Waals surface area contributed by atoms with Gasteiger partial charge in [-0.25, -0.2) is 13.2 Å². The summed E-state index contributed by atoms with van der Waals surface area (Å²) in [6, 6.07) is 5.95. The van der Waals surface area contributed by atoms with Gasteiger partial charge in [0.1, 0.15) is 17.5 Å². The number of carbonyl (C=O) groups is 2. The van der Waals surface area contributed by atoms with Gasteiger partial charge in [0.15, 0.2) is 11.6 Å². The summed E-state index contributed by atoms with van der Waals surface area (Å²) >= 11 is 0. The first-order valence-corrected chi connectivity index (χ1v) is 5.71. The molecule has 20 heavy (non-hydrogen) atoms. The van der Waals surface area contributed by atoms with Gasteiger partial charge in [-0.1, -0.05) is 12.1 Å². The molecule has 0 heterocycles. The van der Waals surface area contributed by atoms with Crippen molar-refractivity contribution in [3.05, 3.63) is 70.5 Å². The maximum atomic E-state index is 13.6. The van der Waals surface area contributed by atoms with Crippen molar-refractivity contribution in [3.8, 4) is 0 Å². The first-order chi connectivity index (χ1) is 9.41. The Morgan fingerprint density at radius 3 is 2.20 bits per heavy atom. The van der Waals surface area contributed by atoms with Crippen molar-refractivity contribution in [3.63, 3.8) is 0 Å². The third-order valence-electron chi connectivity index (χ3n) is 2.79. The minimum Gasteiger partial charge on any atom is -0.294 e. The third kappa shape index (κ3) is 2.47. The molecule has 2 nitrogen and oxygen atoms in total. The average Bonchev–Trinajstić information content (AvgIpc) is 2.37. The molecule has 2 aromatic carbocycles. The quantitative estimate of drug-likeness (QED) is 0.805. The highest BCUT2D eigenvalue weighted by atomic mass is 19.1. The number of hydrogen-bond donors (Lipinski definition) is 0. The van der Waals surface area contributed by atoms with E-state index in [2.05, 4.69) is 0 Å². The summed E-state index contributed by atoms with van der Waals surface area (Å²) in [6.45, 7) is 1.11. The van der Waals surface area contributed by atoms with E-state index in [0.29, 0.717) is 6.07 Å². The lowest BCUT2D eigenvalue weighted by atomic mass is 9.95. The van der Waals surface area contributed by atoms with Crippen LogP contribution in [0.4, 0.5) is 13.2 Å². The van der Waals surface area contributed by atoms with Gasteiger partial charge in [-0.15, -0.1) is 0 Å². The highest BCUT2D eigenvalue weighted by Crippen LogP contribution is 2.20. The van der Waals surface area contributed by atoms with Crippen molar-refractivity contribution in [1.29, 1.82) is 0 Å². The summed E-state index contributed by atoms with van der Waals surface area (Å²) in [5.74, 6) is -4.26. The molecule has 0 N–H and O–H groups in total. The molecular formula is C15H9F3O2. The van der Waals surface area contributed by atoms with Gasteiger partial charge in [0.2, 0.25) is 0 Å². The average molecular weight is 278 g/mol. The Labute approximate surface area is 112 Å². The van der Waals surface area contributed by atoms with Crippen LogP contribution >= 0.6 is 0 Å². The lowest BCUT2D eigenvalue weighted by molar-refractivity contribution is 0.0985. The Morgan fingerprint density at radius 2 is 1.60 bits per heavy atom. The molecular weight excluding hydrogens is 269 g/mol. The van der Waals surface area contributed by atoms with E-state index in [1.54, 1.807) is 0 Å². The monoisotopic (exact) mass is 278 g/mol. The fourth-order valence-corrected chi connectivity index (χ4v) is 1.89. The minimum absolute atomic E-state index is 0.247. The highest BCUT2D eigenvalue weighted by molar-refractivity contribution is 6.15. The van der Waals surface area contributed by atoms with Crippen molar-refractivity contribution in [2.24, 2.45) is 0 Å². The Morgan fingerprint density at radius 1 is 0.900 bits per heavy atom. The van der Waals surface area contributed by atoms with E-state index in [1.165, 1.54) is 12.1 Å². The molecule has 0 aliphatic heterocycles. The van der Waals surface area contributed by atoms with E-state index in [1.807, 2.05) is 0 Å². The predicted octanol–water partition coefficient (Wildman–Crippen LogP) is 3.54. The molecule has 102 valence electrons. The highest BCUT2D eigenvalue weighted by Gasteiger charge is 2.22. The zero-order valence-corrected chi connectivity index (χ0v) is 10.4. The summed E-state index contributed by atoms with van der Waals surface area (Å²) in [5, 5.41) is 0. The first kappa shape index (κ1) is 14.0. The predicted molar refractivity (Wildman–Crippen MR) is 66.2 cm³/mol. The van der Waals surface area contributed by atoms with E-state index < -0.39 is 40.1 Å². The molecule has 0 aliphatic carbocycles. The molecule has 0 aliphatic rings. The topological polar surface area (TPSA) is 34.1 Å². The molecule has 5 heteroatoms. The van der Waals surface area contributed by atoms with Gasteiger partial charge in [-0.3, -0.25) is 9.59 Å². The molecule has 0 bridgehead atoms. The Bertz CT molecular complexity index is 708. The second-order valence-corrected chi connectivity index (χ2v) is 4.17. The lowest BCUT2D eigenvalue weighted by Crippen LogP contribution is -2.12. The van der Waals surface area contributed by atoms with Crippen molar-refractivity contribution in [2.45, 2.75) is 6.92 Å². The van der Waals surface area contributed by atoms with Crippen molar-refractivity contribution >= 4 is 11.6 Å². The minimum atomic E-state index is -1.06. The fraction of sp³-hybridized carbons (Fsp3) is 0.0667. The van der Waals surface area contributed by atoms with Crippen LogP contribution in [0.1, 0.15) is 33.2 Å². The fourth-order valence-electron chi connectivity index (χ4n) is 1.89. The Kier molecular flexibility index (Phi) is 3.70. The molecule has 0 radical (unpaired) electrons. The number of carbonyl (C=O) groups excluding carboxylic acids is 2. The number of benzene rings is 2. The SMILES string of the molecule is CC(=O)c1c(F)cccc1C(=O)c1ccc(F)cc1F. The number of halogens is 3. The second kappa shape index (κ2) is 5.28. The van der Waals surface area contributed by atoms with Gasteiger partial charge in [-0.05, 0) is 25.1 Å². The van der Waals surface area contributed by atoms with Crippen molar-refractivity contribution in [1.82, 2.24) is 0 Å². The van der Waals surface area contributed by atoms with Crippen molar-refractivity contribution < 1.29 is 22.8 Å². The molecule has 2 rings (SSSR count). The number of ketones is 2. The Balaban J connectivity index is 2.60. The molecule has 0 atom stereocenters. The van der Waals surface area contributed by atoms with Crippen LogP contribution in [0.2, 0.25) is 0 Å². The van der Waals surface area contributed by atoms with Crippen LogP contribution in [-0.4, -0.2) is 11.6 Å². The summed E-state index contributed by atoms with van der Waals surface area (Å²) in [6.07, 6.45) is 0. The number of Topliss-reactive ketones (excluding diaryl/α,β-unsaturated/α-hetero) is 1. The van der Waals surface area contributed by atoms with E-state index in [9.17, 15) is 22.8 Å². The third-order valence-corrected chi connectivity index (χ3v) is 2.79. The molecule has 0 fully saturated rings. The van der Waals surface area contributed by atoms with E-state index >= 15 is 0 Å².